The molecule has 0 aromatic heterocycles. The quantitative estimate of drug-likeness (QED) is 0.651. The summed E-state index contributed by atoms with van der Waals surface area (Å²) in [4.78, 5) is 21.4. The van der Waals surface area contributed by atoms with Crippen molar-refractivity contribution in [1.29, 1.82) is 0 Å². The lowest BCUT2D eigenvalue weighted by Crippen LogP contribution is -2.21. The van der Waals surface area contributed by atoms with Gasteiger partial charge in [0.1, 0.15) is 0 Å². The van der Waals surface area contributed by atoms with Crippen LogP contribution in [0.4, 0.5) is 0 Å². The lowest BCUT2D eigenvalue weighted by molar-refractivity contribution is -0.130. The molecule has 1 heterocycles. The van der Waals surface area contributed by atoms with Gasteiger partial charge in [0.25, 0.3) is 0 Å². The van der Waals surface area contributed by atoms with Crippen molar-refractivity contribution in [3.05, 3.63) is 0 Å². The minimum absolute atomic E-state index is 0.0616. The number of carbonyl (C=O) groups is 2. The first-order valence-corrected chi connectivity index (χ1v) is 3.76. The molecule has 1 aliphatic heterocycles. The van der Waals surface area contributed by atoms with Crippen molar-refractivity contribution in [2.24, 2.45) is 5.10 Å². The lowest BCUT2D eigenvalue weighted by Gasteiger charge is -2.07. The van der Waals surface area contributed by atoms with Crippen LogP contribution in [0.5, 0.6) is 0 Å². The topological polar surface area (TPSA) is 70.0 Å². The molecule has 5 nitrogen and oxygen atoms in total. The van der Waals surface area contributed by atoms with Gasteiger partial charge in [0.15, 0.2) is 5.71 Å². The van der Waals surface area contributed by atoms with Crippen LogP contribution in [0.2, 0.25) is 0 Å². The largest absolute Gasteiger partial charge is 0.477 e. The number of amides is 1. The third kappa shape index (κ3) is 1.61. The summed E-state index contributed by atoms with van der Waals surface area (Å²) in [6.07, 6.45) is 0.706. The van der Waals surface area contributed by atoms with Crippen LogP contribution in [-0.4, -0.2) is 34.2 Å². The maximum atomic E-state index is 11.0. The molecular formula is C7H10N2O3. The lowest BCUT2D eigenvalue weighted by atomic mass is 10.3. The fraction of sp³-hybridized carbons (Fsp3) is 0.571. The predicted octanol–water partition coefficient (Wildman–Crippen LogP) is 0.0693. The minimum Gasteiger partial charge on any atom is -0.477 e. The van der Waals surface area contributed by atoms with Gasteiger partial charge in [-0.2, -0.15) is 5.10 Å². The van der Waals surface area contributed by atoms with Gasteiger partial charge in [-0.3, -0.25) is 4.79 Å². The van der Waals surface area contributed by atoms with E-state index in [0.717, 1.165) is 6.42 Å². The number of hydrogen-bond acceptors (Lipinski definition) is 3. The molecular weight excluding hydrogens is 160 g/mol. The summed E-state index contributed by atoms with van der Waals surface area (Å²) in [5, 5.41) is 13.4. The van der Waals surface area contributed by atoms with Crippen LogP contribution in [0.25, 0.3) is 0 Å². The van der Waals surface area contributed by atoms with Crippen LogP contribution in [-0.2, 0) is 9.59 Å². The van der Waals surface area contributed by atoms with E-state index in [1.807, 2.05) is 6.92 Å². The second-order valence-electron chi connectivity index (χ2n) is 2.55. The summed E-state index contributed by atoms with van der Waals surface area (Å²) in [6, 6.07) is 0. The molecule has 0 atom stereocenters. The van der Waals surface area contributed by atoms with Gasteiger partial charge >= 0.3 is 5.97 Å². The van der Waals surface area contributed by atoms with E-state index < -0.39 is 5.97 Å². The average Bonchev–Trinajstić information content (AvgIpc) is 2.34. The fourth-order valence-electron chi connectivity index (χ4n) is 0.976. The molecule has 0 aliphatic carbocycles. The van der Waals surface area contributed by atoms with Crippen LogP contribution >= 0.6 is 0 Å². The van der Waals surface area contributed by atoms with Gasteiger partial charge in [0.2, 0.25) is 5.91 Å². The Hall–Kier alpha value is -1.39. The van der Waals surface area contributed by atoms with Crippen LogP contribution in [0.3, 0.4) is 0 Å². The Kier molecular flexibility index (Phi) is 2.42. The summed E-state index contributed by atoms with van der Waals surface area (Å²) >= 11 is 0. The summed E-state index contributed by atoms with van der Waals surface area (Å²) < 4.78 is 0. The Balaban J connectivity index is 2.66. The van der Waals surface area contributed by atoms with E-state index in [1.165, 1.54) is 5.01 Å². The van der Waals surface area contributed by atoms with Crippen molar-refractivity contribution < 1.29 is 14.7 Å². The molecule has 0 aromatic rings. The number of carboxylic acid groups (broad SMARTS) is 1. The Morgan fingerprint density at radius 1 is 1.75 bits per heavy atom. The van der Waals surface area contributed by atoms with Crippen molar-refractivity contribution in [2.75, 3.05) is 6.54 Å². The van der Waals surface area contributed by atoms with E-state index in [9.17, 15) is 9.59 Å². The molecule has 66 valence electrons. The highest BCUT2D eigenvalue weighted by Crippen LogP contribution is 2.08. The van der Waals surface area contributed by atoms with E-state index in [-0.39, 0.29) is 18.0 Å². The number of hydrazone groups is 1. The van der Waals surface area contributed by atoms with Gasteiger partial charge in [0, 0.05) is 6.54 Å². The molecule has 0 spiro atoms. The second-order valence-corrected chi connectivity index (χ2v) is 2.55. The molecule has 0 unspecified atom stereocenters. The number of hydrogen-bond donors (Lipinski definition) is 1. The summed E-state index contributed by atoms with van der Waals surface area (Å²) in [5.41, 5.74) is -0.0616. The number of aliphatic carboxylic acids is 1. The highest BCUT2D eigenvalue weighted by Gasteiger charge is 2.26. The highest BCUT2D eigenvalue weighted by atomic mass is 16.4. The van der Waals surface area contributed by atoms with Crippen LogP contribution in [0.1, 0.15) is 19.8 Å². The molecule has 0 radical (unpaired) electrons. The smallest absolute Gasteiger partial charge is 0.352 e. The number of nitrogens with zero attached hydrogens (tertiary/aromatic N) is 2. The third-order valence-electron chi connectivity index (χ3n) is 1.53. The number of rotatable bonds is 3. The van der Waals surface area contributed by atoms with E-state index in [1.54, 1.807) is 0 Å². The second kappa shape index (κ2) is 3.34. The molecule has 1 amide bonds. The van der Waals surface area contributed by atoms with Crippen molar-refractivity contribution in [3.63, 3.8) is 0 Å². The maximum Gasteiger partial charge on any atom is 0.352 e. The molecule has 0 fully saturated rings. The Morgan fingerprint density at radius 3 is 2.83 bits per heavy atom. The molecule has 1 aliphatic rings. The van der Waals surface area contributed by atoms with E-state index >= 15 is 0 Å². The van der Waals surface area contributed by atoms with Crippen molar-refractivity contribution in [1.82, 2.24) is 5.01 Å². The SMILES string of the molecule is CCCN1N=C(C(=O)O)CC1=O. The van der Waals surface area contributed by atoms with Crippen molar-refractivity contribution >= 4 is 17.6 Å². The number of carbonyl (C=O) groups excluding carboxylic acids is 1. The zero-order chi connectivity index (χ0) is 9.14. The number of carboxylic acids is 1. The van der Waals surface area contributed by atoms with Gasteiger partial charge in [-0.1, -0.05) is 6.92 Å². The molecule has 0 bridgehead atoms. The first kappa shape index (κ1) is 8.70. The van der Waals surface area contributed by atoms with E-state index in [2.05, 4.69) is 5.10 Å². The summed E-state index contributed by atoms with van der Waals surface area (Å²) in [6.45, 7) is 2.40. The molecule has 0 saturated heterocycles. The average molecular weight is 170 g/mol. The molecule has 0 aromatic carbocycles. The molecule has 12 heavy (non-hydrogen) atoms. The van der Waals surface area contributed by atoms with E-state index in [4.69, 9.17) is 5.11 Å². The Labute approximate surface area is 69.7 Å². The van der Waals surface area contributed by atoms with Gasteiger partial charge in [-0.25, -0.2) is 9.80 Å². The fourth-order valence-corrected chi connectivity index (χ4v) is 0.976. The predicted molar refractivity (Wildman–Crippen MR) is 41.7 cm³/mol. The molecule has 0 saturated carbocycles. The zero-order valence-electron chi connectivity index (χ0n) is 6.78. The molecule has 1 rings (SSSR count). The van der Waals surface area contributed by atoms with Crippen LogP contribution in [0, 0.1) is 0 Å². The van der Waals surface area contributed by atoms with Crippen molar-refractivity contribution in [2.45, 2.75) is 19.8 Å². The molecule has 1 N–H and O–H groups in total. The zero-order valence-corrected chi connectivity index (χ0v) is 6.78. The van der Waals surface area contributed by atoms with Gasteiger partial charge in [-0.05, 0) is 6.42 Å². The Morgan fingerprint density at radius 2 is 2.42 bits per heavy atom. The summed E-state index contributed by atoms with van der Waals surface area (Å²) in [5.74, 6) is -1.34. The maximum absolute atomic E-state index is 11.0. The van der Waals surface area contributed by atoms with Crippen LogP contribution < -0.4 is 0 Å². The van der Waals surface area contributed by atoms with Gasteiger partial charge < -0.3 is 5.11 Å². The standard InChI is InChI=1S/C7H10N2O3/c1-2-3-9-6(10)4-5(8-9)7(11)12/h2-4H2,1H3,(H,11,12). The summed E-state index contributed by atoms with van der Waals surface area (Å²) in [7, 11) is 0. The van der Waals surface area contributed by atoms with Gasteiger partial charge in [-0.15, -0.1) is 0 Å². The first-order valence-electron chi connectivity index (χ1n) is 3.76. The Bertz CT molecular complexity index is 247. The monoisotopic (exact) mass is 170 g/mol. The first-order chi connectivity index (χ1) is 5.65. The molecule has 5 heteroatoms. The van der Waals surface area contributed by atoms with Crippen LogP contribution in [0.15, 0.2) is 5.10 Å². The van der Waals surface area contributed by atoms with Crippen molar-refractivity contribution in [3.8, 4) is 0 Å². The van der Waals surface area contributed by atoms with E-state index in [0.29, 0.717) is 6.54 Å². The normalized spacial score (nSPS) is 16.6. The van der Waals surface area contributed by atoms with Gasteiger partial charge in [0.05, 0.1) is 6.42 Å². The third-order valence-corrected chi connectivity index (χ3v) is 1.53. The minimum atomic E-state index is -1.11. The highest BCUT2D eigenvalue weighted by molar-refractivity contribution is 6.40.